The van der Waals surface area contributed by atoms with E-state index in [2.05, 4.69) is 5.32 Å². The lowest BCUT2D eigenvalue weighted by Gasteiger charge is -2.20. The van der Waals surface area contributed by atoms with Crippen LogP contribution >= 0.6 is 0 Å². The van der Waals surface area contributed by atoms with Crippen LogP contribution in [0.4, 0.5) is 5.69 Å². The van der Waals surface area contributed by atoms with E-state index in [0.29, 0.717) is 29.0 Å². The molecule has 0 bridgehead atoms. The van der Waals surface area contributed by atoms with Crippen LogP contribution in [0.15, 0.2) is 36.4 Å². The van der Waals surface area contributed by atoms with Gasteiger partial charge in [0, 0.05) is 5.69 Å². The lowest BCUT2D eigenvalue weighted by Crippen LogP contribution is -2.33. The molecule has 5 nitrogen and oxygen atoms in total. The van der Waals surface area contributed by atoms with Gasteiger partial charge in [0.1, 0.15) is 5.75 Å². The third kappa shape index (κ3) is 4.23. The summed E-state index contributed by atoms with van der Waals surface area (Å²) in [6.07, 6.45) is -0.105. The SMILES string of the molecule is CC[C@@H](Oc1cccc(C)c1C)C(=O)Nc1cccc(C(=O)OC)c1C. The van der Waals surface area contributed by atoms with Crippen LogP contribution in [0.2, 0.25) is 0 Å². The summed E-state index contributed by atoms with van der Waals surface area (Å²) in [4.78, 5) is 24.5. The van der Waals surface area contributed by atoms with E-state index in [1.165, 1.54) is 7.11 Å². The van der Waals surface area contributed by atoms with Crippen LogP contribution in [-0.2, 0) is 9.53 Å². The minimum atomic E-state index is -0.628. The van der Waals surface area contributed by atoms with Crippen LogP contribution in [0.3, 0.4) is 0 Å². The Kier molecular flexibility index (Phi) is 6.39. The minimum absolute atomic E-state index is 0.251. The summed E-state index contributed by atoms with van der Waals surface area (Å²) in [5, 5.41) is 2.86. The number of anilines is 1. The van der Waals surface area contributed by atoms with Crippen molar-refractivity contribution in [2.75, 3.05) is 12.4 Å². The van der Waals surface area contributed by atoms with E-state index in [1.54, 1.807) is 25.1 Å². The topological polar surface area (TPSA) is 64.6 Å². The van der Waals surface area contributed by atoms with Gasteiger partial charge in [-0.25, -0.2) is 4.79 Å². The summed E-state index contributed by atoms with van der Waals surface area (Å²) >= 11 is 0. The van der Waals surface area contributed by atoms with Gasteiger partial charge in [-0.2, -0.15) is 0 Å². The van der Waals surface area contributed by atoms with Gasteiger partial charge in [0.05, 0.1) is 12.7 Å². The molecule has 2 rings (SSSR count). The van der Waals surface area contributed by atoms with Crippen LogP contribution in [0.1, 0.15) is 40.4 Å². The number of amides is 1. The normalized spacial score (nSPS) is 11.6. The van der Waals surface area contributed by atoms with Gasteiger partial charge >= 0.3 is 5.97 Å². The van der Waals surface area contributed by atoms with Crippen molar-refractivity contribution in [2.24, 2.45) is 0 Å². The summed E-state index contributed by atoms with van der Waals surface area (Å²) in [5.74, 6) is 0.0165. The van der Waals surface area contributed by atoms with Gasteiger partial charge < -0.3 is 14.8 Å². The maximum absolute atomic E-state index is 12.7. The molecule has 0 saturated carbocycles. The fraction of sp³-hybridized carbons (Fsp3) is 0.333. The molecule has 0 fully saturated rings. The standard InChI is InChI=1S/C21H25NO4/c1-6-18(26-19-12-7-9-13(2)14(19)3)20(23)22-17-11-8-10-16(15(17)4)21(24)25-5/h7-12,18H,6H2,1-5H3,(H,22,23)/t18-/m1/s1. The molecule has 2 aromatic rings. The predicted molar refractivity (Wildman–Crippen MR) is 102 cm³/mol. The molecule has 0 heterocycles. The molecule has 1 atom stereocenters. The fourth-order valence-electron chi connectivity index (χ4n) is 2.64. The second-order valence-corrected chi connectivity index (χ2v) is 6.17. The molecule has 0 aliphatic heterocycles. The summed E-state index contributed by atoms with van der Waals surface area (Å²) in [6.45, 7) is 7.64. The van der Waals surface area contributed by atoms with Crippen LogP contribution in [-0.4, -0.2) is 25.1 Å². The zero-order valence-corrected chi connectivity index (χ0v) is 15.9. The number of esters is 1. The Morgan fingerprint density at radius 2 is 1.73 bits per heavy atom. The number of methoxy groups -OCH3 is 1. The average molecular weight is 355 g/mol. The van der Waals surface area contributed by atoms with Gasteiger partial charge in [0.15, 0.2) is 6.10 Å². The van der Waals surface area contributed by atoms with Gasteiger partial charge in [-0.15, -0.1) is 0 Å². The predicted octanol–water partition coefficient (Wildman–Crippen LogP) is 4.19. The third-order valence-electron chi connectivity index (χ3n) is 4.48. The van der Waals surface area contributed by atoms with E-state index in [4.69, 9.17) is 9.47 Å². The van der Waals surface area contributed by atoms with Crippen molar-refractivity contribution in [3.8, 4) is 5.75 Å². The number of carbonyl (C=O) groups is 2. The van der Waals surface area contributed by atoms with E-state index in [0.717, 1.165) is 11.1 Å². The first-order chi connectivity index (χ1) is 12.4. The van der Waals surface area contributed by atoms with Crippen molar-refractivity contribution in [3.05, 3.63) is 58.7 Å². The molecular formula is C21H25NO4. The highest BCUT2D eigenvalue weighted by Gasteiger charge is 2.21. The first kappa shape index (κ1) is 19.5. The molecule has 0 aliphatic rings. The Morgan fingerprint density at radius 1 is 1.04 bits per heavy atom. The van der Waals surface area contributed by atoms with Crippen LogP contribution in [0, 0.1) is 20.8 Å². The number of hydrogen-bond acceptors (Lipinski definition) is 4. The smallest absolute Gasteiger partial charge is 0.338 e. The quantitative estimate of drug-likeness (QED) is 0.789. The van der Waals surface area contributed by atoms with Crippen molar-refractivity contribution in [1.82, 2.24) is 0 Å². The molecule has 0 unspecified atom stereocenters. The number of aryl methyl sites for hydroxylation is 1. The lowest BCUT2D eigenvalue weighted by atomic mass is 10.1. The van der Waals surface area contributed by atoms with Crippen LogP contribution in [0.5, 0.6) is 5.75 Å². The first-order valence-corrected chi connectivity index (χ1v) is 8.60. The Hall–Kier alpha value is -2.82. The molecule has 138 valence electrons. The molecule has 1 amide bonds. The fourth-order valence-corrected chi connectivity index (χ4v) is 2.64. The molecule has 1 N–H and O–H groups in total. The molecule has 0 saturated heterocycles. The monoisotopic (exact) mass is 355 g/mol. The highest BCUT2D eigenvalue weighted by Crippen LogP contribution is 2.24. The van der Waals surface area contributed by atoms with Crippen molar-refractivity contribution >= 4 is 17.6 Å². The Balaban J connectivity index is 2.20. The summed E-state index contributed by atoms with van der Waals surface area (Å²) in [6, 6.07) is 10.9. The molecule has 0 aliphatic carbocycles. The number of rotatable bonds is 6. The second-order valence-electron chi connectivity index (χ2n) is 6.17. The summed E-state index contributed by atoms with van der Waals surface area (Å²) < 4.78 is 10.7. The Morgan fingerprint density at radius 3 is 2.38 bits per heavy atom. The lowest BCUT2D eigenvalue weighted by molar-refractivity contribution is -0.122. The highest BCUT2D eigenvalue weighted by atomic mass is 16.5. The molecule has 2 aromatic carbocycles. The van der Waals surface area contributed by atoms with E-state index in [9.17, 15) is 9.59 Å². The van der Waals surface area contributed by atoms with Gasteiger partial charge in [0.2, 0.25) is 0 Å². The van der Waals surface area contributed by atoms with E-state index >= 15 is 0 Å². The highest BCUT2D eigenvalue weighted by molar-refractivity contribution is 5.98. The summed E-state index contributed by atoms with van der Waals surface area (Å²) in [5.41, 5.74) is 3.78. The number of benzene rings is 2. The van der Waals surface area contributed by atoms with Crippen molar-refractivity contribution in [3.63, 3.8) is 0 Å². The maximum atomic E-state index is 12.7. The molecule has 0 spiro atoms. The average Bonchev–Trinajstić information content (AvgIpc) is 2.63. The number of carbonyl (C=O) groups excluding carboxylic acids is 2. The largest absolute Gasteiger partial charge is 0.480 e. The van der Waals surface area contributed by atoms with Gasteiger partial charge in [-0.1, -0.05) is 25.1 Å². The third-order valence-corrected chi connectivity index (χ3v) is 4.48. The van der Waals surface area contributed by atoms with Crippen molar-refractivity contribution < 1.29 is 19.1 Å². The van der Waals surface area contributed by atoms with Gasteiger partial charge in [0.25, 0.3) is 5.91 Å². The maximum Gasteiger partial charge on any atom is 0.338 e. The van der Waals surface area contributed by atoms with Gasteiger partial charge in [-0.3, -0.25) is 4.79 Å². The van der Waals surface area contributed by atoms with Crippen molar-refractivity contribution in [2.45, 2.75) is 40.2 Å². The number of hydrogen-bond donors (Lipinski definition) is 1. The molecule has 5 heteroatoms. The van der Waals surface area contributed by atoms with E-state index in [1.807, 2.05) is 39.0 Å². The number of ether oxygens (including phenoxy) is 2. The second kappa shape index (κ2) is 8.52. The van der Waals surface area contributed by atoms with E-state index < -0.39 is 12.1 Å². The molecular weight excluding hydrogens is 330 g/mol. The first-order valence-electron chi connectivity index (χ1n) is 8.60. The minimum Gasteiger partial charge on any atom is -0.480 e. The molecule has 26 heavy (non-hydrogen) atoms. The van der Waals surface area contributed by atoms with Gasteiger partial charge in [-0.05, 0) is 62.1 Å². The summed E-state index contributed by atoms with van der Waals surface area (Å²) in [7, 11) is 1.33. The zero-order chi connectivity index (χ0) is 19.3. The molecule has 0 radical (unpaired) electrons. The Bertz CT molecular complexity index is 814. The Labute approximate surface area is 154 Å². The molecule has 0 aromatic heterocycles. The van der Waals surface area contributed by atoms with E-state index in [-0.39, 0.29) is 5.91 Å². The van der Waals surface area contributed by atoms with Crippen LogP contribution < -0.4 is 10.1 Å². The van der Waals surface area contributed by atoms with Crippen LogP contribution in [0.25, 0.3) is 0 Å². The van der Waals surface area contributed by atoms with Crippen molar-refractivity contribution in [1.29, 1.82) is 0 Å². The number of nitrogens with one attached hydrogen (secondary N) is 1. The zero-order valence-electron chi connectivity index (χ0n) is 15.9.